The van der Waals surface area contributed by atoms with Crippen LogP contribution in [0.15, 0.2) is 35.2 Å². The van der Waals surface area contributed by atoms with Crippen molar-refractivity contribution in [3.8, 4) is 0 Å². The van der Waals surface area contributed by atoms with Gasteiger partial charge >= 0.3 is 0 Å². The van der Waals surface area contributed by atoms with Crippen LogP contribution >= 0.6 is 11.3 Å². The van der Waals surface area contributed by atoms with Gasteiger partial charge in [-0.05, 0) is 59.9 Å². The summed E-state index contributed by atoms with van der Waals surface area (Å²) in [4.78, 5) is 4.32. The van der Waals surface area contributed by atoms with Gasteiger partial charge in [0.1, 0.15) is 0 Å². The zero-order valence-electron chi connectivity index (χ0n) is 9.39. The maximum absolute atomic E-state index is 6.12. The van der Waals surface area contributed by atoms with Crippen molar-refractivity contribution in [3.63, 3.8) is 0 Å². The number of nitrogens with zero attached hydrogens (tertiary/aromatic N) is 1. The van der Waals surface area contributed by atoms with Crippen molar-refractivity contribution in [2.45, 2.75) is 25.8 Å². The van der Waals surface area contributed by atoms with E-state index in [0.717, 1.165) is 18.5 Å². The lowest BCUT2D eigenvalue weighted by Crippen LogP contribution is -2.13. The number of hydrogen-bond donors (Lipinski definition) is 1. The minimum absolute atomic E-state index is 0.0415. The van der Waals surface area contributed by atoms with Crippen LogP contribution in [0.25, 0.3) is 0 Å². The number of rotatable bonds is 4. The summed E-state index contributed by atoms with van der Waals surface area (Å²) in [5.74, 6) is 0. The second kappa shape index (κ2) is 5.23. The topological polar surface area (TPSA) is 38.9 Å². The van der Waals surface area contributed by atoms with Gasteiger partial charge in [-0.2, -0.15) is 11.3 Å². The van der Waals surface area contributed by atoms with E-state index in [0.29, 0.717) is 0 Å². The van der Waals surface area contributed by atoms with Crippen molar-refractivity contribution < 1.29 is 0 Å². The Bertz CT molecular complexity index is 437. The molecule has 0 aliphatic heterocycles. The largest absolute Gasteiger partial charge is 0.323 e. The molecular formula is C13H16N2S. The van der Waals surface area contributed by atoms with Crippen molar-refractivity contribution in [2.75, 3.05) is 0 Å². The summed E-state index contributed by atoms with van der Waals surface area (Å²) in [7, 11) is 0. The van der Waals surface area contributed by atoms with E-state index in [9.17, 15) is 0 Å². The molecule has 0 amide bonds. The highest BCUT2D eigenvalue weighted by Crippen LogP contribution is 2.17. The lowest BCUT2D eigenvalue weighted by molar-refractivity contribution is 0.633. The summed E-state index contributed by atoms with van der Waals surface area (Å²) in [5, 5.41) is 4.28. The van der Waals surface area contributed by atoms with E-state index in [-0.39, 0.29) is 6.04 Å². The Morgan fingerprint density at radius 2 is 2.31 bits per heavy atom. The molecule has 0 aliphatic rings. The molecule has 2 aromatic rings. The van der Waals surface area contributed by atoms with Gasteiger partial charge in [0.2, 0.25) is 0 Å². The number of nitrogens with two attached hydrogens (primary N) is 1. The molecule has 0 spiro atoms. The summed E-state index contributed by atoms with van der Waals surface area (Å²) in [6.45, 7) is 2.07. The fourth-order valence-electron chi connectivity index (χ4n) is 1.67. The van der Waals surface area contributed by atoms with Gasteiger partial charge in [0.15, 0.2) is 0 Å². The second-order valence-electron chi connectivity index (χ2n) is 4.03. The van der Waals surface area contributed by atoms with Crippen LogP contribution in [-0.2, 0) is 6.42 Å². The van der Waals surface area contributed by atoms with E-state index in [1.165, 1.54) is 11.1 Å². The van der Waals surface area contributed by atoms with Crippen molar-refractivity contribution in [2.24, 2.45) is 5.73 Å². The maximum atomic E-state index is 6.12. The van der Waals surface area contributed by atoms with Crippen LogP contribution in [0.3, 0.4) is 0 Å². The molecule has 1 atom stereocenters. The average molecular weight is 232 g/mol. The van der Waals surface area contributed by atoms with Crippen LogP contribution in [0, 0.1) is 6.92 Å². The van der Waals surface area contributed by atoms with Crippen LogP contribution in [0.1, 0.15) is 29.3 Å². The van der Waals surface area contributed by atoms with Crippen molar-refractivity contribution in [1.82, 2.24) is 4.98 Å². The summed E-state index contributed by atoms with van der Waals surface area (Å²) in [6.07, 6.45) is 3.81. The number of pyridine rings is 1. The van der Waals surface area contributed by atoms with Crippen molar-refractivity contribution in [1.29, 1.82) is 0 Å². The maximum Gasteiger partial charge on any atom is 0.0573 e. The lowest BCUT2D eigenvalue weighted by Gasteiger charge is -2.10. The minimum Gasteiger partial charge on any atom is -0.323 e. The van der Waals surface area contributed by atoms with E-state index in [1.807, 2.05) is 12.3 Å². The third-order valence-electron chi connectivity index (χ3n) is 2.64. The molecule has 2 aromatic heterocycles. The summed E-state index contributed by atoms with van der Waals surface area (Å²) >= 11 is 1.73. The van der Waals surface area contributed by atoms with Crippen LogP contribution in [0.4, 0.5) is 0 Å². The molecule has 84 valence electrons. The second-order valence-corrected chi connectivity index (χ2v) is 4.81. The molecular weight excluding hydrogens is 216 g/mol. The van der Waals surface area contributed by atoms with Crippen LogP contribution in [-0.4, -0.2) is 4.98 Å². The molecule has 0 fully saturated rings. The van der Waals surface area contributed by atoms with Crippen LogP contribution < -0.4 is 5.73 Å². The van der Waals surface area contributed by atoms with Crippen LogP contribution in [0.5, 0.6) is 0 Å². The van der Waals surface area contributed by atoms with E-state index >= 15 is 0 Å². The average Bonchev–Trinajstić information content (AvgIpc) is 2.78. The summed E-state index contributed by atoms with van der Waals surface area (Å²) in [5.41, 5.74) is 9.70. The molecule has 2 heterocycles. The number of thiophene rings is 1. The van der Waals surface area contributed by atoms with Gasteiger partial charge in [-0.25, -0.2) is 0 Å². The Hall–Kier alpha value is -1.19. The SMILES string of the molecule is Cc1ccnc(C(N)CCc2ccsc2)c1. The molecule has 0 aromatic carbocycles. The standard InChI is InChI=1S/C13H16N2S/c1-10-4-6-15-13(8-10)12(14)3-2-11-5-7-16-9-11/h4-9,12H,2-3,14H2,1H3. The first kappa shape index (κ1) is 11.3. The molecule has 0 radical (unpaired) electrons. The Kier molecular flexibility index (Phi) is 3.70. The molecule has 0 saturated heterocycles. The monoisotopic (exact) mass is 232 g/mol. The number of aryl methyl sites for hydroxylation is 2. The van der Waals surface area contributed by atoms with E-state index < -0.39 is 0 Å². The van der Waals surface area contributed by atoms with Gasteiger partial charge in [0, 0.05) is 12.2 Å². The molecule has 0 bridgehead atoms. The molecule has 3 heteroatoms. The molecule has 2 N–H and O–H groups in total. The third kappa shape index (κ3) is 2.90. The van der Waals surface area contributed by atoms with Gasteiger partial charge in [-0.15, -0.1) is 0 Å². The zero-order chi connectivity index (χ0) is 11.4. The van der Waals surface area contributed by atoms with Crippen molar-refractivity contribution >= 4 is 11.3 Å². The van der Waals surface area contributed by atoms with E-state index in [1.54, 1.807) is 11.3 Å². The van der Waals surface area contributed by atoms with Crippen molar-refractivity contribution in [3.05, 3.63) is 52.0 Å². The highest BCUT2D eigenvalue weighted by molar-refractivity contribution is 7.07. The Morgan fingerprint density at radius 3 is 3.00 bits per heavy atom. The molecule has 16 heavy (non-hydrogen) atoms. The molecule has 0 saturated carbocycles. The van der Waals surface area contributed by atoms with E-state index in [4.69, 9.17) is 5.73 Å². The molecule has 0 aliphatic carbocycles. The first-order valence-corrected chi connectivity index (χ1v) is 6.39. The fraction of sp³-hybridized carbons (Fsp3) is 0.308. The first-order valence-electron chi connectivity index (χ1n) is 5.45. The Labute approximate surface area is 100 Å². The normalized spacial score (nSPS) is 12.6. The highest BCUT2D eigenvalue weighted by Gasteiger charge is 2.07. The van der Waals surface area contributed by atoms with Gasteiger partial charge in [-0.3, -0.25) is 4.98 Å². The number of hydrogen-bond acceptors (Lipinski definition) is 3. The van der Waals surface area contributed by atoms with E-state index in [2.05, 4.69) is 34.8 Å². The van der Waals surface area contributed by atoms with Gasteiger partial charge in [0.25, 0.3) is 0 Å². The quantitative estimate of drug-likeness (QED) is 0.879. The fourth-order valence-corrected chi connectivity index (χ4v) is 2.37. The molecule has 1 unspecified atom stereocenters. The smallest absolute Gasteiger partial charge is 0.0573 e. The van der Waals surface area contributed by atoms with Gasteiger partial charge in [-0.1, -0.05) is 0 Å². The highest BCUT2D eigenvalue weighted by atomic mass is 32.1. The zero-order valence-corrected chi connectivity index (χ0v) is 10.2. The van der Waals surface area contributed by atoms with Gasteiger partial charge < -0.3 is 5.73 Å². The predicted molar refractivity (Wildman–Crippen MR) is 68.5 cm³/mol. The minimum atomic E-state index is 0.0415. The van der Waals surface area contributed by atoms with Crippen LogP contribution in [0.2, 0.25) is 0 Å². The lowest BCUT2D eigenvalue weighted by atomic mass is 10.0. The number of aromatic nitrogens is 1. The Morgan fingerprint density at radius 1 is 1.44 bits per heavy atom. The predicted octanol–water partition coefficient (Wildman–Crippen LogP) is 3.08. The molecule has 2 rings (SSSR count). The summed E-state index contributed by atoms with van der Waals surface area (Å²) in [6, 6.07) is 6.26. The molecule has 2 nitrogen and oxygen atoms in total. The Balaban J connectivity index is 1.95. The first-order chi connectivity index (χ1) is 7.75. The van der Waals surface area contributed by atoms with Gasteiger partial charge in [0.05, 0.1) is 5.69 Å². The summed E-state index contributed by atoms with van der Waals surface area (Å²) < 4.78 is 0. The third-order valence-corrected chi connectivity index (χ3v) is 3.37.